The highest BCUT2D eigenvalue weighted by Gasteiger charge is 2.18. The third-order valence-electron chi connectivity index (χ3n) is 6.41. The highest BCUT2D eigenvalue weighted by atomic mass is 16.5. The van der Waals surface area contributed by atoms with Gasteiger partial charge in [-0.15, -0.1) is 0 Å². The number of likely N-dealkylation sites (N-methyl/N-ethyl adjacent to an activating group) is 1. The van der Waals surface area contributed by atoms with Gasteiger partial charge in [-0.2, -0.15) is 0 Å². The van der Waals surface area contributed by atoms with Crippen LogP contribution in [0.25, 0.3) is 0 Å². The van der Waals surface area contributed by atoms with Gasteiger partial charge in [-0.05, 0) is 44.0 Å². The molecule has 1 aromatic rings. The van der Waals surface area contributed by atoms with E-state index >= 15 is 0 Å². The molecule has 1 aromatic carbocycles. The third kappa shape index (κ3) is 9.94. The van der Waals surface area contributed by atoms with Gasteiger partial charge in [0, 0.05) is 32.6 Å². The molecule has 31 heavy (non-hydrogen) atoms. The number of hydrogen-bond acceptors (Lipinski definition) is 4. The highest BCUT2D eigenvalue weighted by molar-refractivity contribution is 5.76. The van der Waals surface area contributed by atoms with Crippen LogP contribution in [0.2, 0.25) is 0 Å². The lowest BCUT2D eigenvalue weighted by Gasteiger charge is -2.32. The maximum atomic E-state index is 12.2. The lowest BCUT2D eigenvalue weighted by Crippen LogP contribution is -2.47. The van der Waals surface area contributed by atoms with Crippen LogP contribution in [0, 0.1) is 0 Å². The summed E-state index contributed by atoms with van der Waals surface area (Å²) in [5, 5.41) is 0. The van der Waals surface area contributed by atoms with Crippen molar-refractivity contribution >= 4 is 5.91 Å². The fraction of sp³-hybridized carbons (Fsp3) is 0.731. The van der Waals surface area contributed by atoms with Gasteiger partial charge in [0.2, 0.25) is 5.91 Å². The Bertz CT molecular complexity index is 627. The lowest BCUT2D eigenvalue weighted by atomic mass is 10.0. The molecule has 0 saturated carbocycles. The van der Waals surface area contributed by atoms with E-state index in [4.69, 9.17) is 9.47 Å². The molecule has 2 rings (SSSR count). The summed E-state index contributed by atoms with van der Waals surface area (Å²) in [6.07, 6.45) is 14.6. The molecule has 5 nitrogen and oxygen atoms in total. The zero-order chi connectivity index (χ0) is 22.3. The van der Waals surface area contributed by atoms with Crippen molar-refractivity contribution in [2.45, 2.75) is 77.0 Å². The number of carbonyl (C=O) groups excluding carboxylic acids is 1. The first-order valence-corrected chi connectivity index (χ1v) is 12.3. The van der Waals surface area contributed by atoms with Crippen molar-refractivity contribution in [2.24, 2.45) is 0 Å². The Morgan fingerprint density at radius 2 is 1.32 bits per heavy atom. The number of carbonyl (C=O) groups is 1. The van der Waals surface area contributed by atoms with Gasteiger partial charge in [0.05, 0.1) is 14.2 Å². The molecular weight excluding hydrogens is 388 g/mol. The SMILES string of the molecule is COc1ccc(CCCCCCCCCCCCC(=O)N2CCN(C)CC2)cc1OC. The van der Waals surface area contributed by atoms with E-state index in [1.807, 2.05) is 11.0 Å². The molecule has 0 aliphatic carbocycles. The van der Waals surface area contributed by atoms with Crippen LogP contribution < -0.4 is 9.47 Å². The summed E-state index contributed by atoms with van der Waals surface area (Å²) in [6.45, 7) is 3.84. The molecule has 5 heteroatoms. The van der Waals surface area contributed by atoms with E-state index in [1.165, 1.54) is 63.4 Å². The van der Waals surface area contributed by atoms with E-state index < -0.39 is 0 Å². The number of aryl methyl sites for hydroxylation is 1. The van der Waals surface area contributed by atoms with Gasteiger partial charge in [0.1, 0.15) is 0 Å². The number of rotatable bonds is 15. The summed E-state index contributed by atoms with van der Waals surface area (Å²) in [5.74, 6) is 1.98. The van der Waals surface area contributed by atoms with Gasteiger partial charge in [0.25, 0.3) is 0 Å². The molecule has 1 fully saturated rings. The van der Waals surface area contributed by atoms with Crippen molar-refractivity contribution in [2.75, 3.05) is 47.4 Å². The van der Waals surface area contributed by atoms with Gasteiger partial charge < -0.3 is 19.3 Å². The number of piperazine rings is 1. The fourth-order valence-electron chi connectivity index (χ4n) is 4.27. The predicted octanol–water partition coefficient (Wildman–Crippen LogP) is 5.31. The largest absolute Gasteiger partial charge is 0.493 e. The number of benzene rings is 1. The second-order valence-electron chi connectivity index (χ2n) is 8.91. The first-order chi connectivity index (χ1) is 15.1. The second-order valence-corrected chi connectivity index (χ2v) is 8.91. The van der Waals surface area contributed by atoms with Gasteiger partial charge in [-0.3, -0.25) is 4.79 Å². The van der Waals surface area contributed by atoms with Crippen molar-refractivity contribution in [3.63, 3.8) is 0 Å². The van der Waals surface area contributed by atoms with E-state index in [0.29, 0.717) is 5.91 Å². The Morgan fingerprint density at radius 3 is 1.90 bits per heavy atom. The number of ether oxygens (including phenoxy) is 2. The van der Waals surface area contributed by atoms with E-state index in [-0.39, 0.29) is 0 Å². The Morgan fingerprint density at radius 1 is 0.774 bits per heavy atom. The summed E-state index contributed by atoms with van der Waals surface area (Å²) in [5.41, 5.74) is 1.32. The molecular formula is C26H44N2O3. The van der Waals surface area contributed by atoms with Crippen LogP contribution in [0.15, 0.2) is 18.2 Å². The number of unbranched alkanes of at least 4 members (excludes halogenated alkanes) is 9. The zero-order valence-corrected chi connectivity index (χ0v) is 20.2. The number of amides is 1. The van der Waals surface area contributed by atoms with Crippen molar-refractivity contribution in [3.8, 4) is 11.5 Å². The van der Waals surface area contributed by atoms with Crippen molar-refractivity contribution in [1.29, 1.82) is 0 Å². The maximum Gasteiger partial charge on any atom is 0.222 e. The summed E-state index contributed by atoms with van der Waals surface area (Å²) >= 11 is 0. The molecule has 1 aliphatic rings. The van der Waals surface area contributed by atoms with E-state index in [0.717, 1.165) is 56.9 Å². The number of nitrogens with zero attached hydrogens (tertiary/aromatic N) is 2. The van der Waals surface area contributed by atoms with Gasteiger partial charge in [-0.1, -0.05) is 57.4 Å². The minimum atomic E-state index is 0.362. The smallest absolute Gasteiger partial charge is 0.222 e. The second kappa shape index (κ2) is 15.1. The minimum absolute atomic E-state index is 0.362. The average Bonchev–Trinajstić information content (AvgIpc) is 2.79. The monoisotopic (exact) mass is 432 g/mol. The maximum absolute atomic E-state index is 12.2. The van der Waals surface area contributed by atoms with E-state index in [2.05, 4.69) is 24.1 Å². The standard InChI is InChI=1S/C26H44N2O3/c1-27-18-20-28(21-19-27)26(29)15-13-11-9-7-5-4-6-8-10-12-14-23-16-17-24(30-2)25(22-23)31-3/h16-17,22H,4-15,18-21H2,1-3H3. The van der Waals surface area contributed by atoms with Crippen LogP contribution in [0.5, 0.6) is 11.5 Å². The predicted molar refractivity (Wildman–Crippen MR) is 128 cm³/mol. The first kappa shape index (κ1) is 25.5. The molecule has 0 atom stereocenters. The number of hydrogen-bond donors (Lipinski definition) is 0. The number of methoxy groups -OCH3 is 2. The Balaban J connectivity index is 1.39. The summed E-state index contributed by atoms with van der Waals surface area (Å²) in [7, 11) is 5.49. The lowest BCUT2D eigenvalue weighted by molar-refractivity contribution is -0.132. The highest BCUT2D eigenvalue weighted by Crippen LogP contribution is 2.28. The van der Waals surface area contributed by atoms with Crippen LogP contribution in [0.4, 0.5) is 0 Å². The van der Waals surface area contributed by atoms with Crippen LogP contribution >= 0.6 is 0 Å². The van der Waals surface area contributed by atoms with Crippen LogP contribution in [-0.4, -0.2) is 63.2 Å². The van der Waals surface area contributed by atoms with Gasteiger partial charge >= 0.3 is 0 Å². The van der Waals surface area contributed by atoms with Crippen molar-refractivity contribution in [3.05, 3.63) is 23.8 Å². The van der Waals surface area contributed by atoms with Gasteiger partial charge in [-0.25, -0.2) is 0 Å². The summed E-state index contributed by atoms with van der Waals surface area (Å²) < 4.78 is 10.7. The summed E-state index contributed by atoms with van der Waals surface area (Å²) in [4.78, 5) is 16.6. The molecule has 1 saturated heterocycles. The van der Waals surface area contributed by atoms with Gasteiger partial charge in [0.15, 0.2) is 11.5 Å². The molecule has 1 amide bonds. The third-order valence-corrected chi connectivity index (χ3v) is 6.41. The molecule has 0 radical (unpaired) electrons. The van der Waals surface area contributed by atoms with E-state index in [9.17, 15) is 4.79 Å². The molecule has 0 spiro atoms. The van der Waals surface area contributed by atoms with E-state index in [1.54, 1.807) is 14.2 Å². The molecule has 1 heterocycles. The quantitative estimate of drug-likeness (QED) is 0.352. The normalized spacial score (nSPS) is 14.6. The molecule has 0 unspecified atom stereocenters. The minimum Gasteiger partial charge on any atom is -0.493 e. The van der Waals surface area contributed by atoms with Crippen LogP contribution in [0.1, 0.15) is 76.2 Å². The molecule has 1 aliphatic heterocycles. The zero-order valence-electron chi connectivity index (χ0n) is 20.2. The van der Waals surface area contributed by atoms with Crippen LogP contribution in [-0.2, 0) is 11.2 Å². The molecule has 0 aromatic heterocycles. The van der Waals surface area contributed by atoms with Crippen molar-refractivity contribution < 1.29 is 14.3 Å². The Kier molecular flexibility index (Phi) is 12.4. The fourth-order valence-corrected chi connectivity index (χ4v) is 4.27. The molecule has 176 valence electrons. The Labute approximate surface area is 190 Å². The molecule has 0 N–H and O–H groups in total. The summed E-state index contributed by atoms with van der Waals surface area (Å²) in [6, 6.07) is 6.23. The average molecular weight is 433 g/mol. The van der Waals surface area contributed by atoms with Crippen LogP contribution in [0.3, 0.4) is 0 Å². The topological polar surface area (TPSA) is 42.0 Å². The Hall–Kier alpha value is -1.75. The molecule has 0 bridgehead atoms. The van der Waals surface area contributed by atoms with Crippen molar-refractivity contribution in [1.82, 2.24) is 9.80 Å². The first-order valence-electron chi connectivity index (χ1n) is 12.3.